The summed E-state index contributed by atoms with van der Waals surface area (Å²) in [4.78, 5) is 0. The van der Waals surface area contributed by atoms with Crippen molar-refractivity contribution in [1.29, 1.82) is 0 Å². The van der Waals surface area contributed by atoms with Gasteiger partial charge in [0, 0.05) is 6.61 Å². The first-order chi connectivity index (χ1) is 8.75. The van der Waals surface area contributed by atoms with E-state index in [-0.39, 0.29) is 12.2 Å². The molecule has 2 aliphatic rings. The lowest BCUT2D eigenvalue weighted by Gasteiger charge is -2.30. The number of aliphatic hydroxyl groups excluding tert-OH is 1. The molecular formula is C16H30O2. The Morgan fingerprint density at radius 3 is 2.50 bits per heavy atom. The molecule has 106 valence electrons. The van der Waals surface area contributed by atoms with E-state index in [0.29, 0.717) is 0 Å². The molecule has 2 nitrogen and oxygen atoms in total. The molecular weight excluding hydrogens is 224 g/mol. The summed E-state index contributed by atoms with van der Waals surface area (Å²) in [7, 11) is 0. The summed E-state index contributed by atoms with van der Waals surface area (Å²) in [6.45, 7) is 3.24. The summed E-state index contributed by atoms with van der Waals surface area (Å²) in [6, 6.07) is 0. The highest BCUT2D eigenvalue weighted by atomic mass is 16.5. The Labute approximate surface area is 112 Å². The first-order valence-corrected chi connectivity index (χ1v) is 8.05. The minimum atomic E-state index is -0.216. The van der Waals surface area contributed by atoms with E-state index in [1.807, 2.05) is 0 Å². The van der Waals surface area contributed by atoms with E-state index in [1.54, 1.807) is 0 Å². The average molecular weight is 254 g/mol. The fourth-order valence-corrected chi connectivity index (χ4v) is 3.60. The van der Waals surface area contributed by atoms with Gasteiger partial charge in [-0.1, -0.05) is 45.4 Å². The Morgan fingerprint density at radius 2 is 1.72 bits per heavy atom. The molecule has 0 bridgehead atoms. The maximum atomic E-state index is 10.1. The van der Waals surface area contributed by atoms with Crippen molar-refractivity contribution in [1.82, 2.24) is 0 Å². The normalized spacial score (nSPS) is 39.0. The molecule has 0 aromatic carbocycles. The Balaban J connectivity index is 1.72. The van der Waals surface area contributed by atoms with Gasteiger partial charge in [-0.3, -0.25) is 0 Å². The average Bonchev–Trinajstić information content (AvgIpc) is 2.34. The van der Waals surface area contributed by atoms with Crippen molar-refractivity contribution in [3.63, 3.8) is 0 Å². The second kappa shape index (κ2) is 7.49. The van der Waals surface area contributed by atoms with Gasteiger partial charge in [0.25, 0.3) is 0 Å². The molecule has 0 heterocycles. The second-order valence-corrected chi connectivity index (χ2v) is 6.57. The number of hydrogen-bond acceptors (Lipinski definition) is 2. The summed E-state index contributed by atoms with van der Waals surface area (Å²) in [5, 5.41) is 10.1. The molecule has 0 radical (unpaired) electrons. The van der Waals surface area contributed by atoms with E-state index in [4.69, 9.17) is 4.74 Å². The van der Waals surface area contributed by atoms with Crippen LogP contribution >= 0.6 is 0 Å². The van der Waals surface area contributed by atoms with Gasteiger partial charge in [-0.25, -0.2) is 0 Å². The third-order valence-electron chi connectivity index (χ3n) is 4.76. The third-order valence-corrected chi connectivity index (χ3v) is 4.76. The van der Waals surface area contributed by atoms with Crippen molar-refractivity contribution in [2.24, 2.45) is 11.8 Å². The van der Waals surface area contributed by atoms with Crippen LogP contribution in [0.5, 0.6) is 0 Å². The lowest BCUT2D eigenvalue weighted by Crippen LogP contribution is -2.32. The molecule has 1 N–H and O–H groups in total. The maximum Gasteiger partial charge on any atom is 0.0834 e. The molecule has 2 aliphatic carbocycles. The van der Waals surface area contributed by atoms with Gasteiger partial charge in [-0.05, 0) is 37.5 Å². The predicted octanol–water partition coefficient (Wildman–Crippen LogP) is 3.91. The summed E-state index contributed by atoms with van der Waals surface area (Å²) >= 11 is 0. The minimum absolute atomic E-state index is 0.113. The largest absolute Gasteiger partial charge is 0.390 e. The molecule has 4 atom stereocenters. The lowest BCUT2D eigenvalue weighted by molar-refractivity contribution is -0.0651. The SMILES string of the molecule is CC1CCCC(COC2CCCCCCC2O)C1. The molecule has 2 heteroatoms. The van der Waals surface area contributed by atoms with Crippen molar-refractivity contribution in [3.8, 4) is 0 Å². The van der Waals surface area contributed by atoms with Crippen molar-refractivity contribution < 1.29 is 9.84 Å². The van der Waals surface area contributed by atoms with Crippen LogP contribution in [0.2, 0.25) is 0 Å². The van der Waals surface area contributed by atoms with Crippen molar-refractivity contribution >= 4 is 0 Å². The van der Waals surface area contributed by atoms with E-state index in [2.05, 4.69) is 6.92 Å². The van der Waals surface area contributed by atoms with Crippen LogP contribution in [0.4, 0.5) is 0 Å². The first kappa shape index (κ1) is 14.3. The smallest absolute Gasteiger partial charge is 0.0834 e. The van der Waals surface area contributed by atoms with Crippen LogP contribution in [0.15, 0.2) is 0 Å². The molecule has 0 amide bonds. The lowest BCUT2D eigenvalue weighted by atomic mass is 9.83. The van der Waals surface area contributed by atoms with Crippen LogP contribution in [0, 0.1) is 11.8 Å². The highest BCUT2D eigenvalue weighted by Gasteiger charge is 2.24. The zero-order valence-corrected chi connectivity index (χ0v) is 11.9. The number of ether oxygens (including phenoxy) is 1. The van der Waals surface area contributed by atoms with Gasteiger partial charge >= 0.3 is 0 Å². The Bertz CT molecular complexity index is 229. The standard InChI is InChI=1S/C16H30O2/c1-13-7-6-8-14(11-13)12-18-16-10-5-3-2-4-9-15(16)17/h13-17H,2-12H2,1H3. The topological polar surface area (TPSA) is 29.5 Å². The molecule has 2 fully saturated rings. The molecule has 0 spiro atoms. The highest BCUT2D eigenvalue weighted by molar-refractivity contribution is 4.75. The molecule has 18 heavy (non-hydrogen) atoms. The number of aliphatic hydroxyl groups is 1. The van der Waals surface area contributed by atoms with Crippen molar-refractivity contribution in [2.75, 3.05) is 6.61 Å². The van der Waals surface area contributed by atoms with Crippen LogP contribution < -0.4 is 0 Å². The van der Waals surface area contributed by atoms with E-state index in [9.17, 15) is 5.11 Å². The van der Waals surface area contributed by atoms with Crippen LogP contribution in [0.25, 0.3) is 0 Å². The summed E-state index contributed by atoms with van der Waals surface area (Å²) in [6.07, 6.45) is 12.3. The second-order valence-electron chi connectivity index (χ2n) is 6.57. The van der Waals surface area contributed by atoms with Crippen LogP contribution in [-0.2, 0) is 4.74 Å². The minimum Gasteiger partial charge on any atom is -0.390 e. The zero-order valence-electron chi connectivity index (χ0n) is 11.9. The summed E-state index contributed by atoms with van der Waals surface area (Å²) < 4.78 is 6.07. The van der Waals surface area contributed by atoms with Crippen LogP contribution in [0.1, 0.15) is 71.1 Å². The maximum absolute atomic E-state index is 10.1. The Kier molecular flexibility index (Phi) is 5.97. The van der Waals surface area contributed by atoms with Gasteiger partial charge in [0.2, 0.25) is 0 Å². The van der Waals surface area contributed by atoms with Gasteiger partial charge in [-0.2, -0.15) is 0 Å². The molecule has 0 aromatic rings. The third kappa shape index (κ3) is 4.55. The molecule has 4 unspecified atom stereocenters. The fraction of sp³-hybridized carbons (Fsp3) is 1.00. The van der Waals surface area contributed by atoms with Crippen molar-refractivity contribution in [2.45, 2.75) is 83.3 Å². The van der Waals surface area contributed by atoms with Crippen LogP contribution in [0.3, 0.4) is 0 Å². The summed E-state index contributed by atoms with van der Waals surface area (Å²) in [5.74, 6) is 1.61. The van der Waals surface area contributed by atoms with E-state index >= 15 is 0 Å². The van der Waals surface area contributed by atoms with Crippen molar-refractivity contribution in [3.05, 3.63) is 0 Å². The number of rotatable bonds is 3. The first-order valence-electron chi connectivity index (χ1n) is 8.05. The van der Waals surface area contributed by atoms with E-state index < -0.39 is 0 Å². The Morgan fingerprint density at radius 1 is 0.944 bits per heavy atom. The Hall–Kier alpha value is -0.0800. The van der Waals surface area contributed by atoms with Gasteiger partial charge in [0.1, 0.15) is 0 Å². The molecule has 0 aromatic heterocycles. The quantitative estimate of drug-likeness (QED) is 0.827. The highest BCUT2D eigenvalue weighted by Crippen LogP contribution is 2.29. The van der Waals surface area contributed by atoms with Gasteiger partial charge in [0.15, 0.2) is 0 Å². The summed E-state index contributed by atoms with van der Waals surface area (Å²) in [5.41, 5.74) is 0. The fourth-order valence-electron chi connectivity index (χ4n) is 3.60. The van der Waals surface area contributed by atoms with Crippen LogP contribution in [-0.4, -0.2) is 23.9 Å². The van der Waals surface area contributed by atoms with E-state index in [1.165, 1.54) is 51.4 Å². The molecule has 0 aliphatic heterocycles. The van der Waals surface area contributed by atoms with Gasteiger partial charge in [0.05, 0.1) is 12.2 Å². The number of hydrogen-bond donors (Lipinski definition) is 1. The van der Waals surface area contributed by atoms with Gasteiger partial charge < -0.3 is 9.84 Å². The monoisotopic (exact) mass is 254 g/mol. The molecule has 2 rings (SSSR count). The molecule has 2 saturated carbocycles. The van der Waals surface area contributed by atoms with E-state index in [0.717, 1.165) is 31.3 Å². The van der Waals surface area contributed by atoms with Gasteiger partial charge in [-0.15, -0.1) is 0 Å². The predicted molar refractivity (Wildman–Crippen MR) is 74.6 cm³/mol. The zero-order chi connectivity index (χ0) is 12.8. The molecule has 0 saturated heterocycles.